The van der Waals surface area contributed by atoms with Gasteiger partial charge >= 0.3 is 5.69 Å². The monoisotopic (exact) mass is 379 g/mol. The average molecular weight is 379 g/mol. The van der Waals surface area contributed by atoms with Crippen LogP contribution in [0.4, 0.5) is 5.69 Å². The zero-order valence-electron chi connectivity index (χ0n) is 14.5. The Balaban J connectivity index is 2.56. The van der Waals surface area contributed by atoms with E-state index in [4.69, 9.17) is 21.7 Å². The van der Waals surface area contributed by atoms with Crippen molar-refractivity contribution >= 4 is 24.1 Å². The molecule has 0 aliphatic heterocycles. The van der Waals surface area contributed by atoms with Crippen molar-refractivity contribution in [3.63, 3.8) is 0 Å². The standard InChI is InChI=1S/C15H17N5O5S/c1-8(2)25-13-11(20(22)23)5-10(6-12(13)24-4)7-16-19-14(21)9(3)17-18-15(19)26/h5-8H,1-4H3,(H,18,26)/b16-7-. The SMILES string of the molecule is COc1cc(/C=N\n2c(=S)[nH]nc(C)c2=O)cc([N+](=O)[O-])c1OC(C)C. The van der Waals surface area contributed by atoms with E-state index in [0.29, 0.717) is 5.56 Å². The molecule has 0 saturated heterocycles. The summed E-state index contributed by atoms with van der Waals surface area (Å²) >= 11 is 4.98. The van der Waals surface area contributed by atoms with Crippen molar-refractivity contribution in [1.82, 2.24) is 14.9 Å². The molecule has 0 aliphatic rings. The second-order valence-corrected chi connectivity index (χ2v) is 5.86. The Labute approximate surface area is 153 Å². The second-order valence-electron chi connectivity index (χ2n) is 5.47. The van der Waals surface area contributed by atoms with E-state index in [1.54, 1.807) is 13.8 Å². The van der Waals surface area contributed by atoms with Crippen LogP contribution in [0.25, 0.3) is 0 Å². The van der Waals surface area contributed by atoms with E-state index < -0.39 is 10.5 Å². The van der Waals surface area contributed by atoms with Crippen LogP contribution in [0.3, 0.4) is 0 Å². The van der Waals surface area contributed by atoms with Gasteiger partial charge in [-0.15, -0.1) is 0 Å². The summed E-state index contributed by atoms with van der Waals surface area (Å²) in [7, 11) is 1.38. The first kappa shape index (κ1) is 19.2. The number of aromatic nitrogens is 3. The molecule has 0 unspecified atom stereocenters. The van der Waals surface area contributed by atoms with E-state index in [-0.39, 0.29) is 33.8 Å². The molecule has 10 nitrogen and oxygen atoms in total. The highest BCUT2D eigenvalue weighted by Crippen LogP contribution is 2.38. The predicted molar refractivity (Wildman–Crippen MR) is 96.8 cm³/mol. The van der Waals surface area contributed by atoms with E-state index in [1.807, 2.05) is 0 Å². The number of nitrogens with zero attached hydrogens (tertiary/aromatic N) is 4. The van der Waals surface area contributed by atoms with Crippen molar-refractivity contribution in [2.45, 2.75) is 26.9 Å². The minimum atomic E-state index is -0.577. The lowest BCUT2D eigenvalue weighted by Crippen LogP contribution is -2.22. The van der Waals surface area contributed by atoms with E-state index in [0.717, 1.165) is 4.68 Å². The number of H-pyrrole nitrogens is 1. The zero-order chi connectivity index (χ0) is 19.4. The van der Waals surface area contributed by atoms with Crippen molar-refractivity contribution < 1.29 is 14.4 Å². The van der Waals surface area contributed by atoms with Gasteiger partial charge in [0.05, 0.1) is 24.4 Å². The minimum absolute atomic E-state index is 0.00178. The molecule has 2 aromatic rings. The number of methoxy groups -OCH3 is 1. The molecule has 0 fully saturated rings. The van der Waals surface area contributed by atoms with Gasteiger partial charge in [-0.05, 0) is 39.1 Å². The van der Waals surface area contributed by atoms with E-state index >= 15 is 0 Å². The Bertz CT molecular complexity index is 979. The van der Waals surface area contributed by atoms with Gasteiger partial charge in [-0.25, -0.2) is 0 Å². The number of nitro benzene ring substituents is 1. The summed E-state index contributed by atoms with van der Waals surface area (Å²) in [6.45, 7) is 5.00. The molecule has 1 aromatic heterocycles. The van der Waals surface area contributed by atoms with Gasteiger partial charge in [-0.1, -0.05) is 0 Å². The number of hydrogen-bond donors (Lipinski definition) is 1. The highest BCUT2D eigenvalue weighted by Gasteiger charge is 2.23. The number of hydrogen-bond acceptors (Lipinski definition) is 8. The molecule has 0 amide bonds. The molecule has 11 heteroatoms. The van der Waals surface area contributed by atoms with E-state index in [2.05, 4.69) is 15.3 Å². The van der Waals surface area contributed by atoms with Crippen LogP contribution in [-0.2, 0) is 0 Å². The van der Waals surface area contributed by atoms with Crippen molar-refractivity contribution in [3.05, 3.63) is 48.6 Å². The van der Waals surface area contributed by atoms with E-state index in [9.17, 15) is 14.9 Å². The van der Waals surface area contributed by atoms with Crippen LogP contribution in [0.2, 0.25) is 0 Å². The molecule has 0 saturated carbocycles. The minimum Gasteiger partial charge on any atom is -0.493 e. The molecule has 2 rings (SSSR count). The number of rotatable bonds is 6. The summed E-state index contributed by atoms with van der Waals surface area (Å²) < 4.78 is 11.6. The molecule has 1 N–H and O–H groups in total. The summed E-state index contributed by atoms with van der Waals surface area (Å²) in [6.07, 6.45) is 0.984. The van der Waals surface area contributed by atoms with Crippen LogP contribution < -0.4 is 15.0 Å². The third-order valence-electron chi connectivity index (χ3n) is 3.16. The molecule has 0 radical (unpaired) electrons. The molecule has 138 valence electrons. The fraction of sp³-hybridized carbons (Fsp3) is 0.333. The normalized spacial score (nSPS) is 11.1. The van der Waals surface area contributed by atoms with Gasteiger partial charge in [0.1, 0.15) is 5.69 Å². The maximum atomic E-state index is 12.0. The van der Waals surface area contributed by atoms with Crippen LogP contribution in [0.1, 0.15) is 25.1 Å². The Morgan fingerprint density at radius 2 is 2.15 bits per heavy atom. The van der Waals surface area contributed by atoms with Crippen molar-refractivity contribution in [1.29, 1.82) is 0 Å². The molecule has 26 heavy (non-hydrogen) atoms. The summed E-state index contributed by atoms with van der Waals surface area (Å²) in [6, 6.07) is 2.79. The first-order valence-electron chi connectivity index (χ1n) is 7.50. The zero-order valence-corrected chi connectivity index (χ0v) is 15.4. The van der Waals surface area contributed by atoms with Gasteiger partial charge < -0.3 is 9.47 Å². The molecule has 0 aliphatic carbocycles. The number of nitrogens with one attached hydrogen (secondary N) is 1. The number of benzene rings is 1. The van der Waals surface area contributed by atoms with Crippen LogP contribution in [0, 0.1) is 21.8 Å². The molecule has 0 atom stereocenters. The largest absolute Gasteiger partial charge is 0.493 e. The summed E-state index contributed by atoms with van der Waals surface area (Å²) in [5.74, 6) is 0.205. The second kappa shape index (κ2) is 7.87. The smallest absolute Gasteiger partial charge is 0.315 e. The number of ether oxygens (including phenoxy) is 2. The quantitative estimate of drug-likeness (QED) is 0.353. The van der Waals surface area contributed by atoms with Crippen molar-refractivity contribution in [2.75, 3.05) is 7.11 Å². The fourth-order valence-corrected chi connectivity index (χ4v) is 2.20. The van der Waals surface area contributed by atoms with Gasteiger partial charge in [0.2, 0.25) is 10.5 Å². The molecule has 0 bridgehead atoms. The van der Waals surface area contributed by atoms with Gasteiger partial charge in [-0.2, -0.15) is 14.9 Å². The molecular weight excluding hydrogens is 362 g/mol. The Morgan fingerprint density at radius 3 is 2.73 bits per heavy atom. The van der Waals surface area contributed by atoms with Gasteiger partial charge in [0.15, 0.2) is 5.75 Å². The lowest BCUT2D eigenvalue weighted by atomic mass is 10.2. The van der Waals surface area contributed by atoms with E-state index in [1.165, 1.54) is 32.4 Å². The first-order valence-corrected chi connectivity index (χ1v) is 7.91. The average Bonchev–Trinajstić information content (AvgIpc) is 2.58. The Morgan fingerprint density at radius 1 is 1.46 bits per heavy atom. The Kier molecular flexibility index (Phi) is 5.82. The highest BCUT2D eigenvalue weighted by molar-refractivity contribution is 7.71. The van der Waals surface area contributed by atoms with Crippen molar-refractivity contribution in [2.24, 2.45) is 5.10 Å². The summed E-state index contributed by atoms with van der Waals surface area (Å²) in [4.78, 5) is 22.8. The van der Waals surface area contributed by atoms with Crippen LogP contribution in [-0.4, -0.2) is 39.2 Å². The van der Waals surface area contributed by atoms with Gasteiger partial charge in [-0.3, -0.25) is 20.0 Å². The Hall–Kier alpha value is -3.08. The maximum Gasteiger partial charge on any atom is 0.315 e. The molecular formula is C15H17N5O5S. The van der Waals surface area contributed by atoms with Crippen LogP contribution >= 0.6 is 12.2 Å². The van der Waals surface area contributed by atoms with Crippen LogP contribution in [0.15, 0.2) is 22.0 Å². The number of aryl methyl sites for hydroxylation is 1. The van der Waals surface area contributed by atoms with Crippen molar-refractivity contribution in [3.8, 4) is 11.5 Å². The van der Waals surface area contributed by atoms with Gasteiger partial charge in [0, 0.05) is 11.6 Å². The number of nitro groups is 1. The predicted octanol–water partition coefficient (Wildman–Crippen LogP) is 2.20. The fourth-order valence-electron chi connectivity index (χ4n) is 2.03. The first-order chi connectivity index (χ1) is 12.2. The lowest BCUT2D eigenvalue weighted by Gasteiger charge is -2.14. The van der Waals surface area contributed by atoms with Gasteiger partial charge in [0.25, 0.3) is 5.56 Å². The highest BCUT2D eigenvalue weighted by atomic mass is 32.1. The topological polar surface area (TPSA) is 125 Å². The summed E-state index contributed by atoms with van der Waals surface area (Å²) in [5, 5.41) is 21.6. The molecule has 1 heterocycles. The molecule has 1 aromatic carbocycles. The third-order valence-corrected chi connectivity index (χ3v) is 3.43. The number of aromatic amines is 1. The molecule has 0 spiro atoms. The lowest BCUT2D eigenvalue weighted by molar-refractivity contribution is -0.386. The maximum absolute atomic E-state index is 12.0. The summed E-state index contributed by atoms with van der Waals surface area (Å²) in [5.41, 5.74) is -0.255. The van der Waals surface area contributed by atoms with Crippen LogP contribution in [0.5, 0.6) is 11.5 Å². The third kappa shape index (κ3) is 4.11.